The minimum Gasteiger partial charge on any atom is -0.262 e. The largest absolute Gasteiger partial charge is 0.262 e. The summed E-state index contributed by atoms with van der Waals surface area (Å²) in [4.78, 5) is 15.0. The van der Waals surface area contributed by atoms with E-state index in [1.807, 2.05) is 25.3 Å². The zero-order valence-electron chi connectivity index (χ0n) is 29.2. The van der Waals surface area contributed by atoms with Gasteiger partial charge in [0.2, 0.25) is 0 Å². The smallest absolute Gasteiger partial charge is 0.160 e. The Morgan fingerprint density at radius 1 is 0.358 bits per heavy atom. The summed E-state index contributed by atoms with van der Waals surface area (Å²) in [5.74, 6) is 0.686. The summed E-state index contributed by atoms with van der Waals surface area (Å²) in [6, 6.07) is 62.8. The normalized spacial score (nSPS) is 11.5. The number of aryl methyl sites for hydroxylation is 1. The first-order valence-corrected chi connectivity index (χ1v) is 18.0. The number of pyridine rings is 1. The molecule has 0 spiro atoms. The molecule has 0 fully saturated rings. The third kappa shape index (κ3) is 5.60. The molecule has 0 atom stereocenters. The van der Waals surface area contributed by atoms with Gasteiger partial charge >= 0.3 is 0 Å². The molecule has 0 N–H and O–H groups in total. The topological polar surface area (TPSA) is 38.7 Å². The lowest BCUT2D eigenvalue weighted by Gasteiger charge is -2.17. The molecule has 0 aliphatic rings. The van der Waals surface area contributed by atoms with Gasteiger partial charge < -0.3 is 0 Å². The van der Waals surface area contributed by atoms with Gasteiger partial charge in [-0.2, -0.15) is 0 Å². The lowest BCUT2D eigenvalue weighted by atomic mass is 9.87. The van der Waals surface area contributed by atoms with Gasteiger partial charge in [0.25, 0.3) is 0 Å². The highest BCUT2D eigenvalue weighted by Crippen LogP contribution is 2.42. The van der Waals surface area contributed by atoms with Gasteiger partial charge in [0.15, 0.2) is 5.82 Å². The van der Waals surface area contributed by atoms with Crippen molar-refractivity contribution in [2.24, 2.45) is 0 Å². The van der Waals surface area contributed by atoms with Crippen molar-refractivity contribution in [3.05, 3.63) is 188 Å². The number of rotatable bonds is 6. The fraction of sp³-hybridized carbons (Fsp3) is 0.0200. The summed E-state index contributed by atoms with van der Waals surface area (Å²) in [6.45, 7) is 2.04. The molecule has 0 saturated heterocycles. The van der Waals surface area contributed by atoms with Gasteiger partial charge in [0.1, 0.15) is 0 Å². The highest BCUT2D eigenvalue weighted by molar-refractivity contribution is 6.26. The van der Waals surface area contributed by atoms with Crippen molar-refractivity contribution in [1.82, 2.24) is 15.0 Å². The minimum absolute atomic E-state index is 0.686. The monoisotopic (exact) mass is 675 g/mol. The first kappa shape index (κ1) is 30.8. The van der Waals surface area contributed by atoms with E-state index in [1.54, 1.807) is 0 Å². The van der Waals surface area contributed by atoms with Crippen LogP contribution in [0.1, 0.15) is 5.69 Å². The molecule has 2 heterocycles. The fourth-order valence-corrected chi connectivity index (χ4v) is 7.77. The summed E-state index contributed by atoms with van der Waals surface area (Å²) in [5, 5.41) is 7.59. The number of hydrogen-bond donors (Lipinski definition) is 0. The highest BCUT2D eigenvalue weighted by atomic mass is 14.9. The maximum atomic E-state index is 5.26. The summed E-state index contributed by atoms with van der Waals surface area (Å²) < 4.78 is 0. The molecule has 0 amide bonds. The Morgan fingerprint density at radius 2 is 0.906 bits per heavy atom. The van der Waals surface area contributed by atoms with E-state index in [2.05, 4.69) is 169 Å². The van der Waals surface area contributed by atoms with Crippen molar-refractivity contribution in [2.75, 3.05) is 0 Å². The van der Waals surface area contributed by atoms with Crippen LogP contribution in [0.2, 0.25) is 0 Å². The molecule has 248 valence electrons. The van der Waals surface area contributed by atoms with Gasteiger partial charge in [-0.1, -0.05) is 127 Å². The van der Waals surface area contributed by atoms with E-state index >= 15 is 0 Å². The fourth-order valence-electron chi connectivity index (χ4n) is 7.77. The maximum Gasteiger partial charge on any atom is 0.160 e. The molecule has 0 saturated carbocycles. The van der Waals surface area contributed by atoms with Crippen LogP contribution >= 0.6 is 0 Å². The average molecular weight is 676 g/mol. The van der Waals surface area contributed by atoms with Gasteiger partial charge in [-0.25, -0.2) is 9.97 Å². The van der Waals surface area contributed by atoms with E-state index in [0.29, 0.717) is 5.82 Å². The van der Waals surface area contributed by atoms with Crippen LogP contribution in [0.3, 0.4) is 0 Å². The van der Waals surface area contributed by atoms with E-state index in [4.69, 9.17) is 9.97 Å². The predicted molar refractivity (Wildman–Crippen MR) is 221 cm³/mol. The van der Waals surface area contributed by atoms with E-state index in [1.165, 1.54) is 37.9 Å². The molecule has 2 aromatic heterocycles. The van der Waals surface area contributed by atoms with E-state index < -0.39 is 0 Å². The molecular formula is C50H33N3. The molecule has 0 radical (unpaired) electrons. The van der Waals surface area contributed by atoms with Gasteiger partial charge in [-0.15, -0.1) is 0 Å². The first-order chi connectivity index (χ1) is 26.1. The number of aromatic nitrogens is 3. The average Bonchev–Trinajstić information content (AvgIpc) is 3.23. The van der Waals surface area contributed by atoms with Crippen LogP contribution in [0.4, 0.5) is 0 Å². The lowest BCUT2D eigenvalue weighted by Crippen LogP contribution is -1.97. The summed E-state index contributed by atoms with van der Waals surface area (Å²) in [5.41, 5.74) is 12.7. The minimum atomic E-state index is 0.686. The Balaban J connectivity index is 1.25. The Labute approximate surface area is 308 Å². The second-order valence-electron chi connectivity index (χ2n) is 13.7. The quantitative estimate of drug-likeness (QED) is 0.165. The molecule has 10 rings (SSSR count). The van der Waals surface area contributed by atoms with E-state index in [-0.39, 0.29) is 0 Å². The number of hydrogen-bond acceptors (Lipinski definition) is 3. The zero-order valence-corrected chi connectivity index (χ0v) is 29.2. The molecule has 8 aromatic carbocycles. The maximum absolute atomic E-state index is 5.26. The van der Waals surface area contributed by atoms with Crippen molar-refractivity contribution in [2.45, 2.75) is 6.92 Å². The van der Waals surface area contributed by atoms with Crippen molar-refractivity contribution >= 4 is 32.3 Å². The molecule has 0 aliphatic carbocycles. The highest BCUT2D eigenvalue weighted by Gasteiger charge is 2.17. The predicted octanol–water partition coefficient (Wildman–Crippen LogP) is 13.1. The van der Waals surface area contributed by atoms with Crippen LogP contribution in [0.15, 0.2) is 182 Å². The second kappa shape index (κ2) is 12.7. The number of nitrogens with zero attached hydrogens (tertiary/aromatic N) is 3. The molecule has 0 aliphatic heterocycles. The second-order valence-corrected chi connectivity index (χ2v) is 13.7. The molecule has 0 bridgehead atoms. The van der Waals surface area contributed by atoms with Crippen LogP contribution in [-0.2, 0) is 0 Å². The van der Waals surface area contributed by atoms with Crippen LogP contribution < -0.4 is 0 Å². The van der Waals surface area contributed by atoms with Crippen LogP contribution in [0.25, 0.3) is 99.6 Å². The van der Waals surface area contributed by atoms with Crippen molar-refractivity contribution in [3.8, 4) is 67.3 Å². The van der Waals surface area contributed by atoms with Crippen molar-refractivity contribution in [1.29, 1.82) is 0 Å². The third-order valence-electron chi connectivity index (χ3n) is 10.3. The summed E-state index contributed by atoms with van der Waals surface area (Å²) >= 11 is 0. The molecule has 10 aromatic rings. The van der Waals surface area contributed by atoms with Crippen molar-refractivity contribution < 1.29 is 0 Å². The lowest BCUT2D eigenvalue weighted by molar-refractivity contribution is 1.18. The first-order valence-electron chi connectivity index (χ1n) is 18.0. The van der Waals surface area contributed by atoms with E-state index in [0.717, 1.165) is 61.6 Å². The third-order valence-corrected chi connectivity index (χ3v) is 10.3. The summed E-state index contributed by atoms with van der Waals surface area (Å²) in [6.07, 6.45) is 1.88. The van der Waals surface area contributed by atoms with Crippen LogP contribution in [0.5, 0.6) is 0 Å². The van der Waals surface area contributed by atoms with Crippen LogP contribution in [0, 0.1) is 6.92 Å². The Kier molecular flexibility index (Phi) is 7.36. The van der Waals surface area contributed by atoms with Gasteiger partial charge in [0.05, 0.1) is 11.4 Å². The molecule has 3 heteroatoms. The molecular weight excluding hydrogens is 643 g/mol. The SMILES string of the molecule is Cc1cc(-c2cccc(-c3cc(-c4nc(-c5ccccc5)cc(-c5ccccc5)n4)cc(-c4cc5cccc6ccc7cccc4c7c65)c3)c2)ccn1. The zero-order chi connectivity index (χ0) is 35.3. The van der Waals surface area contributed by atoms with Gasteiger partial charge in [0, 0.05) is 28.6 Å². The molecule has 0 unspecified atom stereocenters. The van der Waals surface area contributed by atoms with Crippen LogP contribution in [-0.4, -0.2) is 15.0 Å². The standard InChI is InChI=1S/C50H33N3/c1-32-25-39(23-24-51-32)37-17-9-18-38(26-37)41-27-42(45-30-40-19-8-15-35-21-22-36-16-10-20-44(45)49(36)48(35)40)29-43(28-41)50-52-46(33-11-4-2-5-12-33)31-47(53-50)34-13-6-3-7-14-34/h2-31H,1H3. The number of benzene rings is 8. The van der Waals surface area contributed by atoms with Gasteiger partial charge in [-0.3, -0.25) is 4.98 Å². The van der Waals surface area contributed by atoms with E-state index in [9.17, 15) is 0 Å². The molecule has 53 heavy (non-hydrogen) atoms. The Morgan fingerprint density at radius 3 is 1.62 bits per heavy atom. The Bertz CT molecular complexity index is 2890. The summed E-state index contributed by atoms with van der Waals surface area (Å²) in [7, 11) is 0. The Hall–Kier alpha value is -6.97. The molecule has 3 nitrogen and oxygen atoms in total. The van der Waals surface area contributed by atoms with Gasteiger partial charge in [-0.05, 0) is 121 Å². The van der Waals surface area contributed by atoms with Crippen molar-refractivity contribution in [3.63, 3.8) is 0 Å².